The quantitative estimate of drug-likeness (QED) is 0.846. The Bertz CT molecular complexity index is 706. The Morgan fingerprint density at radius 2 is 2.00 bits per heavy atom. The van der Waals surface area contributed by atoms with Gasteiger partial charge in [-0.05, 0) is 31.5 Å². The van der Waals surface area contributed by atoms with Gasteiger partial charge in [0.05, 0.1) is 12.6 Å². The van der Waals surface area contributed by atoms with Crippen molar-refractivity contribution in [2.24, 2.45) is 0 Å². The van der Waals surface area contributed by atoms with Crippen LogP contribution in [-0.4, -0.2) is 50.1 Å². The van der Waals surface area contributed by atoms with Crippen LogP contribution in [0.5, 0.6) is 5.75 Å². The first-order valence-corrected chi connectivity index (χ1v) is 8.47. The van der Waals surface area contributed by atoms with E-state index in [2.05, 4.69) is 10.1 Å². The van der Waals surface area contributed by atoms with E-state index < -0.39 is 18.8 Å². The molecule has 0 unspecified atom stereocenters. The lowest BCUT2D eigenvalue weighted by Gasteiger charge is -2.29. The van der Waals surface area contributed by atoms with Crippen LogP contribution in [0.15, 0.2) is 30.3 Å². The summed E-state index contributed by atoms with van der Waals surface area (Å²) < 4.78 is 44.9. The number of aliphatic hydroxyl groups is 1. The third-order valence-corrected chi connectivity index (χ3v) is 4.08. The fourth-order valence-electron chi connectivity index (χ4n) is 2.94. The summed E-state index contributed by atoms with van der Waals surface area (Å²) in [6.45, 7) is 0.146. The molecule has 2 heterocycles. The maximum absolute atomic E-state index is 12.8. The summed E-state index contributed by atoms with van der Waals surface area (Å²) in [6.07, 6.45) is -3.33. The first kappa shape index (κ1) is 18.7. The lowest BCUT2D eigenvalue weighted by atomic mass is 10.1. The number of aliphatic hydroxyl groups excluding tert-OH is 1. The van der Waals surface area contributed by atoms with E-state index in [1.165, 1.54) is 0 Å². The van der Waals surface area contributed by atoms with Gasteiger partial charge in [0.2, 0.25) is 0 Å². The molecule has 1 saturated heterocycles. The van der Waals surface area contributed by atoms with E-state index >= 15 is 0 Å². The van der Waals surface area contributed by atoms with Gasteiger partial charge in [-0.15, -0.1) is 0 Å². The van der Waals surface area contributed by atoms with Crippen LogP contribution in [0.4, 0.5) is 13.2 Å². The predicted molar refractivity (Wildman–Crippen MR) is 87.4 cm³/mol. The number of benzene rings is 1. The molecule has 2 aromatic rings. The van der Waals surface area contributed by atoms with Gasteiger partial charge < -0.3 is 9.84 Å². The van der Waals surface area contributed by atoms with Crippen LogP contribution in [0.1, 0.15) is 24.5 Å². The van der Waals surface area contributed by atoms with Crippen molar-refractivity contribution < 1.29 is 23.0 Å². The SMILES string of the molecule is O[C@@H]1CCCN(Cc2nc(COc3ccccc3)nn2CC(F)(F)F)C1. The second kappa shape index (κ2) is 8.05. The molecule has 3 rings (SSSR count). The number of β-amino-alcohol motifs (C(OH)–C–C–N with tert-alkyl or cyclic N) is 1. The minimum atomic E-state index is -4.39. The average molecular weight is 370 g/mol. The van der Waals surface area contributed by atoms with Crippen LogP contribution in [0.3, 0.4) is 0 Å². The average Bonchev–Trinajstić information content (AvgIpc) is 2.94. The second-order valence-corrected chi connectivity index (χ2v) is 6.35. The topological polar surface area (TPSA) is 63.4 Å². The van der Waals surface area contributed by atoms with Crippen molar-refractivity contribution >= 4 is 0 Å². The van der Waals surface area contributed by atoms with E-state index in [0.717, 1.165) is 11.1 Å². The lowest BCUT2D eigenvalue weighted by Crippen LogP contribution is -2.38. The summed E-state index contributed by atoms with van der Waals surface area (Å²) in [5, 5.41) is 13.7. The number of aromatic nitrogens is 3. The Morgan fingerprint density at radius 3 is 2.69 bits per heavy atom. The van der Waals surface area contributed by atoms with Crippen molar-refractivity contribution in [3.05, 3.63) is 42.0 Å². The zero-order valence-corrected chi connectivity index (χ0v) is 14.2. The van der Waals surface area contributed by atoms with E-state index in [1.54, 1.807) is 24.3 Å². The number of piperidine rings is 1. The minimum absolute atomic E-state index is 0.00943. The zero-order valence-electron chi connectivity index (χ0n) is 14.2. The van der Waals surface area contributed by atoms with Gasteiger partial charge in [-0.25, -0.2) is 9.67 Å². The normalized spacial score (nSPS) is 18.8. The Morgan fingerprint density at radius 1 is 1.23 bits per heavy atom. The van der Waals surface area contributed by atoms with Gasteiger partial charge in [0.1, 0.15) is 24.7 Å². The van der Waals surface area contributed by atoms with Gasteiger partial charge in [-0.3, -0.25) is 4.90 Å². The number of alkyl halides is 3. The molecule has 0 aliphatic carbocycles. The molecule has 0 bridgehead atoms. The predicted octanol–water partition coefficient (Wildman–Crippen LogP) is 2.38. The van der Waals surface area contributed by atoms with Crippen LogP contribution in [0.25, 0.3) is 0 Å². The maximum Gasteiger partial charge on any atom is 0.408 e. The van der Waals surface area contributed by atoms with Crippen molar-refractivity contribution in [2.45, 2.75) is 44.8 Å². The fraction of sp³-hybridized carbons (Fsp3) is 0.529. The summed E-state index contributed by atoms with van der Waals surface area (Å²) in [5.74, 6) is 1.02. The highest BCUT2D eigenvalue weighted by atomic mass is 19.4. The van der Waals surface area contributed by atoms with Crippen LogP contribution >= 0.6 is 0 Å². The molecule has 0 radical (unpaired) electrons. The van der Waals surface area contributed by atoms with E-state index in [-0.39, 0.29) is 24.8 Å². The molecule has 6 nitrogen and oxygen atoms in total. The largest absolute Gasteiger partial charge is 0.486 e. The van der Waals surface area contributed by atoms with E-state index in [9.17, 15) is 18.3 Å². The molecule has 1 atom stereocenters. The first-order chi connectivity index (χ1) is 12.4. The van der Waals surface area contributed by atoms with Crippen molar-refractivity contribution in [1.29, 1.82) is 0 Å². The van der Waals surface area contributed by atoms with E-state index in [0.29, 0.717) is 25.3 Å². The molecule has 26 heavy (non-hydrogen) atoms. The second-order valence-electron chi connectivity index (χ2n) is 6.35. The number of rotatable bonds is 6. The summed E-state index contributed by atoms with van der Waals surface area (Å²) in [7, 11) is 0. The summed E-state index contributed by atoms with van der Waals surface area (Å²) >= 11 is 0. The molecule has 1 fully saturated rings. The monoisotopic (exact) mass is 370 g/mol. The number of para-hydroxylation sites is 1. The molecule has 0 saturated carbocycles. The highest BCUT2D eigenvalue weighted by Crippen LogP contribution is 2.20. The number of likely N-dealkylation sites (tertiary alicyclic amines) is 1. The van der Waals surface area contributed by atoms with Crippen molar-refractivity contribution in [1.82, 2.24) is 19.7 Å². The molecule has 9 heteroatoms. The molecule has 1 aromatic heterocycles. The summed E-state index contributed by atoms with van der Waals surface area (Å²) in [4.78, 5) is 6.13. The third-order valence-electron chi connectivity index (χ3n) is 4.08. The van der Waals surface area contributed by atoms with Gasteiger partial charge in [0.15, 0.2) is 5.82 Å². The molecule has 1 aliphatic rings. The Balaban J connectivity index is 1.71. The third kappa shape index (κ3) is 5.43. The highest BCUT2D eigenvalue weighted by Gasteiger charge is 2.31. The zero-order chi connectivity index (χ0) is 18.6. The highest BCUT2D eigenvalue weighted by molar-refractivity contribution is 5.21. The molecule has 0 spiro atoms. The van der Waals surface area contributed by atoms with Crippen LogP contribution in [0, 0.1) is 0 Å². The van der Waals surface area contributed by atoms with E-state index in [4.69, 9.17) is 4.74 Å². The molecule has 1 aliphatic heterocycles. The number of hydrogen-bond donors (Lipinski definition) is 1. The number of ether oxygens (including phenoxy) is 1. The van der Waals surface area contributed by atoms with E-state index in [1.807, 2.05) is 11.0 Å². The summed E-state index contributed by atoms with van der Waals surface area (Å²) in [6, 6.07) is 8.95. The Hall–Kier alpha value is -2.13. The Labute approximate surface area is 149 Å². The first-order valence-electron chi connectivity index (χ1n) is 8.47. The van der Waals surface area contributed by atoms with Gasteiger partial charge in [-0.1, -0.05) is 18.2 Å². The van der Waals surface area contributed by atoms with Crippen LogP contribution in [0.2, 0.25) is 0 Å². The molecular weight excluding hydrogens is 349 g/mol. The van der Waals surface area contributed by atoms with Crippen molar-refractivity contribution in [3.8, 4) is 5.75 Å². The lowest BCUT2D eigenvalue weighted by molar-refractivity contribution is -0.143. The smallest absolute Gasteiger partial charge is 0.408 e. The van der Waals surface area contributed by atoms with Crippen LogP contribution in [-0.2, 0) is 19.7 Å². The molecule has 142 valence electrons. The van der Waals surface area contributed by atoms with Gasteiger partial charge in [-0.2, -0.15) is 18.3 Å². The van der Waals surface area contributed by atoms with Gasteiger partial charge in [0, 0.05) is 6.54 Å². The van der Waals surface area contributed by atoms with Gasteiger partial charge in [0.25, 0.3) is 0 Å². The Kier molecular flexibility index (Phi) is 5.77. The maximum atomic E-state index is 12.8. The summed E-state index contributed by atoms with van der Waals surface area (Å²) in [5.41, 5.74) is 0. The van der Waals surface area contributed by atoms with Gasteiger partial charge >= 0.3 is 6.18 Å². The molecule has 0 amide bonds. The molecular formula is C17H21F3N4O2. The van der Waals surface area contributed by atoms with Crippen LogP contribution < -0.4 is 4.74 Å². The molecule has 1 N–H and O–H groups in total. The molecule has 1 aromatic carbocycles. The minimum Gasteiger partial charge on any atom is -0.486 e. The standard InChI is InChI=1S/C17H21F3N4O2/c18-17(19,20)12-24-16(10-23-8-4-5-13(25)9-23)21-15(22-24)11-26-14-6-2-1-3-7-14/h1-3,6-7,13,25H,4-5,8-12H2/t13-/m1/s1. The number of halogens is 3. The number of hydrogen-bond acceptors (Lipinski definition) is 5. The fourth-order valence-corrected chi connectivity index (χ4v) is 2.94. The van der Waals surface area contributed by atoms with Crippen molar-refractivity contribution in [2.75, 3.05) is 13.1 Å². The van der Waals surface area contributed by atoms with Crippen molar-refractivity contribution in [3.63, 3.8) is 0 Å². The number of nitrogens with zero attached hydrogens (tertiary/aromatic N) is 4.